The smallest absolute Gasteiger partial charge is 0.262 e. The van der Waals surface area contributed by atoms with Crippen molar-refractivity contribution in [2.24, 2.45) is 0 Å². The Morgan fingerprint density at radius 1 is 1.12 bits per heavy atom. The maximum absolute atomic E-state index is 13.0. The topological polar surface area (TPSA) is 67.2 Å². The lowest BCUT2D eigenvalue weighted by atomic mass is 10.2. The lowest BCUT2D eigenvalue weighted by Gasteiger charge is -2.35. The number of hydrogen-bond donors (Lipinski definition) is 0. The molecule has 26 heavy (non-hydrogen) atoms. The summed E-state index contributed by atoms with van der Waals surface area (Å²) in [5.74, 6) is 0.666. The monoisotopic (exact) mass is 350 g/mol. The molecule has 0 saturated carbocycles. The normalized spacial score (nSPS) is 16.7. The average Bonchev–Trinajstić information content (AvgIpc) is 3.20. The zero-order valence-corrected chi connectivity index (χ0v) is 13.8. The SMILES string of the molecule is O=C1c2cn(-c3ccc(N4CC(F)C4)nc3)nc2CN1c1cccnc1. The molecule has 5 heterocycles. The number of pyridine rings is 2. The summed E-state index contributed by atoms with van der Waals surface area (Å²) in [6.07, 6.45) is 5.99. The van der Waals surface area contributed by atoms with Crippen molar-refractivity contribution in [3.8, 4) is 5.69 Å². The van der Waals surface area contributed by atoms with Gasteiger partial charge in [0.05, 0.1) is 54.7 Å². The van der Waals surface area contributed by atoms with E-state index in [-0.39, 0.29) is 5.91 Å². The first-order valence-corrected chi connectivity index (χ1v) is 8.35. The molecular formula is C18H15FN6O. The van der Waals surface area contributed by atoms with Crippen LogP contribution in [0, 0.1) is 0 Å². The van der Waals surface area contributed by atoms with Crippen LogP contribution in [0.15, 0.2) is 49.1 Å². The molecule has 0 aliphatic carbocycles. The summed E-state index contributed by atoms with van der Waals surface area (Å²) in [4.78, 5) is 24.6. The minimum absolute atomic E-state index is 0.0848. The first-order chi connectivity index (χ1) is 12.7. The van der Waals surface area contributed by atoms with Crippen molar-refractivity contribution in [1.82, 2.24) is 19.7 Å². The van der Waals surface area contributed by atoms with Gasteiger partial charge in [-0.3, -0.25) is 9.78 Å². The van der Waals surface area contributed by atoms with Crippen molar-refractivity contribution in [2.75, 3.05) is 22.9 Å². The fraction of sp³-hybridized carbons (Fsp3) is 0.222. The molecule has 0 N–H and O–H groups in total. The molecule has 0 aromatic carbocycles. The second-order valence-corrected chi connectivity index (χ2v) is 6.41. The van der Waals surface area contributed by atoms with Crippen LogP contribution in [0.3, 0.4) is 0 Å². The number of halogens is 1. The molecule has 3 aromatic heterocycles. The Kier molecular flexibility index (Phi) is 3.24. The quantitative estimate of drug-likeness (QED) is 0.723. The highest BCUT2D eigenvalue weighted by Gasteiger charge is 2.32. The first kappa shape index (κ1) is 15.0. The molecule has 7 nitrogen and oxygen atoms in total. The Balaban J connectivity index is 1.38. The highest BCUT2D eigenvalue weighted by Crippen LogP contribution is 2.28. The van der Waals surface area contributed by atoms with Crippen LogP contribution in [0.1, 0.15) is 16.1 Å². The number of hydrogen-bond acceptors (Lipinski definition) is 5. The Bertz CT molecular complexity index is 965. The van der Waals surface area contributed by atoms with Gasteiger partial charge in [-0.05, 0) is 24.3 Å². The molecule has 1 saturated heterocycles. The zero-order chi connectivity index (χ0) is 17.7. The van der Waals surface area contributed by atoms with Crippen molar-refractivity contribution in [2.45, 2.75) is 12.7 Å². The molecule has 0 atom stereocenters. The van der Waals surface area contributed by atoms with E-state index in [4.69, 9.17) is 0 Å². The summed E-state index contributed by atoms with van der Waals surface area (Å²) in [7, 11) is 0. The largest absolute Gasteiger partial charge is 0.351 e. The van der Waals surface area contributed by atoms with Crippen LogP contribution in [0.2, 0.25) is 0 Å². The van der Waals surface area contributed by atoms with Crippen LogP contribution in [0.4, 0.5) is 15.9 Å². The van der Waals surface area contributed by atoms with Crippen molar-refractivity contribution in [1.29, 1.82) is 0 Å². The lowest BCUT2D eigenvalue weighted by molar-refractivity contribution is 0.0996. The number of rotatable bonds is 3. The molecule has 130 valence electrons. The predicted molar refractivity (Wildman–Crippen MR) is 93.2 cm³/mol. The molecule has 0 radical (unpaired) electrons. The fourth-order valence-electron chi connectivity index (χ4n) is 3.24. The van der Waals surface area contributed by atoms with Crippen molar-refractivity contribution >= 4 is 17.4 Å². The number of alkyl halides is 1. The van der Waals surface area contributed by atoms with Crippen LogP contribution >= 0.6 is 0 Å². The number of anilines is 2. The number of fused-ring (bicyclic) bond motifs is 1. The minimum Gasteiger partial charge on any atom is -0.351 e. The summed E-state index contributed by atoms with van der Waals surface area (Å²) in [5, 5.41) is 4.53. The van der Waals surface area contributed by atoms with E-state index >= 15 is 0 Å². The molecule has 2 aliphatic rings. The van der Waals surface area contributed by atoms with Gasteiger partial charge in [0, 0.05) is 12.4 Å². The maximum Gasteiger partial charge on any atom is 0.262 e. The Hall–Kier alpha value is -3.29. The van der Waals surface area contributed by atoms with Gasteiger partial charge >= 0.3 is 0 Å². The van der Waals surface area contributed by atoms with Gasteiger partial charge in [0.25, 0.3) is 5.91 Å². The molecule has 5 rings (SSSR count). The third-order valence-electron chi connectivity index (χ3n) is 4.69. The maximum atomic E-state index is 13.0. The standard InChI is InChI=1S/C18H15FN6O/c19-12-8-23(9-12)17-4-3-14(7-21-17)25-10-15-16(22-25)11-24(18(15)26)13-2-1-5-20-6-13/h1-7,10,12H,8-9,11H2. The summed E-state index contributed by atoms with van der Waals surface area (Å²) in [5.41, 5.74) is 2.84. The van der Waals surface area contributed by atoms with Crippen LogP contribution in [0.25, 0.3) is 5.69 Å². The summed E-state index contributed by atoms with van der Waals surface area (Å²) in [6, 6.07) is 7.37. The number of carbonyl (C=O) groups is 1. The van der Waals surface area contributed by atoms with E-state index in [1.54, 1.807) is 40.4 Å². The van der Waals surface area contributed by atoms with Gasteiger partial charge < -0.3 is 9.80 Å². The van der Waals surface area contributed by atoms with E-state index in [0.717, 1.165) is 22.9 Å². The van der Waals surface area contributed by atoms with Crippen LogP contribution in [-0.4, -0.2) is 44.9 Å². The number of aromatic nitrogens is 4. The molecule has 0 spiro atoms. The van der Waals surface area contributed by atoms with E-state index in [2.05, 4.69) is 15.1 Å². The van der Waals surface area contributed by atoms with E-state index in [1.807, 2.05) is 23.1 Å². The van der Waals surface area contributed by atoms with Gasteiger partial charge in [-0.15, -0.1) is 0 Å². The lowest BCUT2D eigenvalue weighted by Crippen LogP contribution is -2.48. The second kappa shape index (κ2) is 5.62. The van der Waals surface area contributed by atoms with Gasteiger partial charge in [-0.2, -0.15) is 5.10 Å². The van der Waals surface area contributed by atoms with Crippen LogP contribution < -0.4 is 9.80 Å². The van der Waals surface area contributed by atoms with E-state index < -0.39 is 6.17 Å². The van der Waals surface area contributed by atoms with E-state index in [1.165, 1.54) is 0 Å². The minimum atomic E-state index is -0.765. The molecule has 0 bridgehead atoms. The Morgan fingerprint density at radius 3 is 2.65 bits per heavy atom. The molecule has 0 unspecified atom stereocenters. The zero-order valence-electron chi connectivity index (χ0n) is 13.8. The highest BCUT2D eigenvalue weighted by atomic mass is 19.1. The first-order valence-electron chi connectivity index (χ1n) is 8.35. The molecule has 1 fully saturated rings. The second-order valence-electron chi connectivity index (χ2n) is 6.41. The number of nitrogens with zero attached hydrogens (tertiary/aromatic N) is 6. The molecule has 3 aromatic rings. The van der Waals surface area contributed by atoms with E-state index in [9.17, 15) is 9.18 Å². The van der Waals surface area contributed by atoms with Gasteiger partial charge in [0.1, 0.15) is 12.0 Å². The third kappa shape index (κ3) is 2.33. The third-order valence-corrected chi connectivity index (χ3v) is 4.69. The highest BCUT2D eigenvalue weighted by molar-refractivity contribution is 6.09. The van der Waals surface area contributed by atoms with Crippen molar-refractivity contribution in [3.63, 3.8) is 0 Å². The van der Waals surface area contributed by atoms with Crippen LogP contribution in [0.5, 0.6) is 0 Å². The van der Waals surface area contributed by atoms with Gasteiger partial charge in [0.15, 0.2) is 0 Å². The molecule has 2 aliphatic heterocycles. The average molecular weight is 350 g/mol. The Labute approximate surface area is 148 Å². The van der Waals surface area contributed by atoms with Gasteiger partial charge in [0.2, 0.25) is 0 Å². The molecular weight excluding hydrogens is 335 g/mol. The van der Waals surface area contributed by atoms with E-state index in [0.29, 0.717) is 25.2 Å². The number of carbonyl (C=O) groups excluding carboxylic acids is 1. The molecule has 1 amide bonds. The molecule has 8 heteroatoms. The fourth-order valence-corrected chi connectivity index (χ4v) is 3.24. The van der Waals surface area contributed by atoms with Crippen molar-refractivity contribution < 1.29 is 9.18 Å². The summed E-state index contributed by atoms with van der Waals surface area (Å²) >= 11 is 0. The van der Waals surface area contributed by atoms with Gasteiger partial charge in [-0.1, -0.05) is 0 Å². The van der Waals surface area contributed by atoms with Crippen LogP contribution in [-0.2, 0) is 6.54 Å². The van der Waals surface area contributed by atoms with Gasteiger partial charge in [-0.25, -0.2) is 14.1 Å². The summed E-state index contributed by atoms with van der Waals surface area (Å²) < 4.78 is 14.6. The summed E-state index contributed by atoms with van der Waals surface area (Å²) in [6.45, 7) is 1.20. The number of amides is 1. The predicted octanol–water partition coefficient (Wildman–Crippen LogP) is 1.98. The Morgan fingerprint density at radius 2 is 2.00 bits per heavy atom. The van der Waals surface area contributed by atoms with Crippen molar-refractivity contribution in [3.05, 3.63) is 60.3 Å².